The molecular weight excluding hydrogens is 430 g/mol. The maximum absolute atomic E-state index is 12.7. The normalized spacial score (nSPS) is 16.4. The summed E-state index contributed by atoms with van der Waals surface area (Å²) in [4.78, 5) is 51.9. The lowest BCUT2D eigenvalue weighted by Crippen LogP contribution is -2.59. The topological polar surface area (TPSA) is 276 Å². The van der Waals surface area contributed by atoms with E-state index in [1.807, 2.05) is 5.32 Å². The summed E-state index contributed by atoms with van der Waals surface area (Å²) < 4.78 is 0. The summed E-state index contributed by atoms with van der Waals surface area (Å²) in [7, 11) is 0. The van der Waals surface area contributed by atoms with Crippen molar-refractivity contribution in [3.05, 3.63) is 0 Å². The van der Waals surface area contributed by atoms with Crippen molar-refractivity contribution in [2.45, 2.75) is 63.1 Å². The highest BCUT2D eigenvalue weighted by Crippen LogP contribution is 2.02. The molecule has 0 fully saturated rings. The Kier molecular flexibility index (Phi) is 12.8. The molecule has 0 heterocycles. The molecule has 0 rings (SSSR count). The van der Waals surface area contributed by atoms with Gasteiger partial charge in [-0.1, -0.05) is 0 Å². The Morgan fingerprint density at radius 3 is 1.88 bits per heavy atom. The second kappa shape index (κ2) is 14.1. The van der Waals surface area contributed by atoms with Crippen LogP contribution in [0.15, 0.2) is 4.99 Å². The number of carboxylic acids is 1. The van der Waals surface area contributed by atoms with Gasteiger partial charge < -0.3 is 53.6 Å². The largest absolute Gasteiger partial charge is 0.480 e. The van der Waals surface area contributed by atoms with Crippen LogP contribution in [0.25, 0.3) is 0 Å². The van der Waals surface area contributed by atoms with Gasteiger partial charge in [0.25, 0.3) is 0 Å². The number of nitrogens with two attached hydrogens (primary N) is 3. The van der Waals surface area contributed by atoms with Gasteiger partial charge in [-0.3, -0.25) is 19.4 Å². The van der Waals surface area contributed by atoms with Gasteiger partial charge in [-0.15, -0.1) is 0 Å². The molecule has 3 amide bonds. The summed E-state index contributed by atoms with van der Waals surface area (Å²) >= 11 is 0. The van der Waals surface area contributed by atoms with E-state index in [1.54, 1.807) is 0 Å². The number of aliphatic carboxylic acids is 1. The summed E-state index contributed by atoms with van der Waals surface area (Å²) in [5, 5.41) is 44.0. The molecule has 13 N–H and O–H groups in total. The minimum absolute atomic E-state index is 0.00603. The average molecular weight is 463 g/mol. The first-order valence-electron chi connectivity index (χ1n) is 9.73. The predicted octanol–water partition coefficient (Wildman–Crippen LogP) is -5.34. The number of guanidine groups is 1. The van der Waals surface area contributed by atoms with Gasteiger partial charge in [0.15, 0.2) is 12.0 Å². The number of hydrogen-bond acceptors (Lipinski definition) is 9. The second-order valence-electron chi connectivity index (χ2n) is 7.09. The Bertz CT molecular complexity index is 682. The van der Waals surface area contributed by atoms with Crippen LogP contribution in [0.5, 0.6) is 0 Å². The predicted molar refractivity (Wildman–Crippen MR) is 112 cm³/mol. The molecule has 15 nitrogen and oxygen atoms in total. The fourth-order valence-corrected chi connectivity index (χ4v) is 2.37. The Hall–Kier alpha value is -3.01. The maximum atomic E-state index is 12.7. The molecule has 184 valence electrons. The molecule has 32 heavy (non-hydrogen) atoms. The number of rotatable bonds is 14. The zero-order valence-corrected chi connectivity index (χ0v) is 17.9. The Labute approximate surface area is 184 Å². The van der Waals surface area contributed by atoms with E-state index in [-0.39, 0.29) is 25.3 Å². The number of carbonyl (C=O) groups excluding carboxylic acids is 3. The van der Waals surface area contributed by atoms with Gasteiger partial charge >= 0.3 is 5.97 Å². The molecule has 0 saturated carbocycles. The Morgan fingerprint density at radius 1 is 0.906 bits per heavy atom. The molecule has 6 unspecified atom stereocenters. The third-order valence-corrected chi connectivity index (χ3v) is 4.26. The van der Waals surface area contributed by atoms with Crippen LogP contribution in [-0.2, 0) is 19.2 Å². The van der Waals surface area contributed by atoms with E-state index in [1.165, 1.54) is 6.92 Å². The Morgan fingerprint density at radius 2 is 1.44 bits per heavy atom. The molecule has 0 radical (unpaired) electrons. The quantitative estimate of drug-likeness (QED) is 0.0659. The first-order valence-corrected chi connectivity index (χ1v) is 9.73. The molecule has 0 aromatic carbocycles. The van der Waals surface area contributed by atoms with Gasteiger partial charge in [-0.25, -0.2) is 4.79 Å². The van der Waals surface area contributed by atoms with Gasteiger partial charge in [0.1, 0.15) is 18.1 Å². The summed E-state index contributed by atoms with van der Waals surface area (Å²) in [5.41, 5.74) is 16.0. The van der Waals surface area contributed by atoms with Crippen LogP contribution in [0, 0.1) is 0 Å². The van der Waals surface area contributed by atoms with Gasteiger partial charge in [0, 0.05) is 6.54 Å². The number of carboxylic acid groups (broad SMARTS) is 1. The van der Waals surface area contributed by atoms with Gasteiger partial charge in [0.2, 0.25) is 17.7 Å². The fourth-order valence-electron chi connectivity index (χ4n) is 2.37. The van der Waals surface area contributed by atoms with E-state index in [2.05, 4.69) is 15.6 Å². The molecule has 0 bridgehead atoms. The molecule has 6 atom stereocenters. The van der Waals surface area contributed by atoms with Crippen LogP contribution in [0.2, 0.25) is 0 Å². The van der Waals surface area contributed by atoms with Crippen molar-refractivity contribution in [2.24, 2.45) is 22.2 Å². The lowest BCUT2D eigenvalue weighted by Gasteiger charge is -2.25. The molecule has 0 spiro atoms. The Balaban J connectivity index is 5.34. The minimum Gasteiger partial charge on any atom is -0.480 e. The highest BCUT2D eigenvalue weighted by molar-refractivity contribution is 5.94. The van der Waals surface area contributed by atoms with E-state index >= 15 is 0 Å². The number of amides is 3. The summed E-state index contributed by atoms with van der Waals surface area (Å²) in [6.07, 6.45) is -2.41. The zero-order valence-electron chi connectivity index (χ0n) is 17.9. The van der Waals surface area contributed by atoms with E-state index in [9.17, 15) is 34.5 Å². The van der Waals surface area contributed by atoms with Crippen molar-refractivity contribution in [3.8, 4) is 0 Å². The van der Waals surface area contributed by atoms with E-state index in [4.69, 9.17) is 22.3 Å². The molecule has 0 aliphatic carbocycles. The van der Waals surface area contributed by atoms with Crippen molar-refractivity contribution in [3.63, 3.8) is 0 Å². The van der Waals surface area contributed by atoms with E-state index < -0.39 is 66.7 Å². The molecule has 0 aliphatic rings. The van der Waals surface area contributed by atoms with Crippen LogP contribution >= 0.6 is 0 Å². The molecule has 0 aromatic heterocycles. The lowest BCUT2D eigenvalue weighted by atomic mass is 10.1. The summed E-state index contributed by atoms with van der Waals surface area (Å²) in [6, 6.07) is -5.82. The van der Waals surface area contributed by atoms with Crippen molar-refractivity contribution >= 4 is 29.7 Å². The average Bonchev–Trinajstić information content (AvgIpc) is 2.70. The minimum atomic E-state index is -1.67. The second-order valence-corrected chi connectivity index (χ2v) is 7.09. The first kappa shape index (κ1) is 29.0. The lowest BCUT2D eigenvalue weighted by molar-refractivity contribution is -0.145. The van der Waals surface area contributed by atoms with Crippen LogP contribution in [0.3, 0.4) is 0 Å². The fraction of sp³-hybridized carbons (Fsp3) is 0.706. The number of nitrogens with zero attached hydrogens (tertiary/aromatic N) is 1. The van der Waals surface area contributed by atoms with Gasteiger partial charge in [0.05, 0.1) is 18.8 Å². The summed E-state index contributed by atoms with van der Waals surface area (Å²) in [6.45, 7) is 1.65. The van der Waals surface area contributed by atoms with Crippen LogP contribution in [-0.4, -0.2) is 99.6 Å². The zero-order chi connectivity index (χ0) is 25.0. The van der Waals surface area contributed by atoms with Gasteiger partial charge in [-0.05, 0) is 26.7 Å². The molecule has 0 aliphatic heterocycles. The molecule has 0 aromatic rings. The maximum Gasteiger partial charge on any atom is 0.328 e. The van der Waals surface area contributed by atoms with Gasteiger partial charge in [-0.2, -0.15) is 0 Å². The highest BCUT2D eigenvalue weighted by Gasteiger charge is 2.31. The van der Waals surface area contributed by atoms with Crippen LogP contribution in [0.1, 0.15) is 26.7 Å². The van der Waals surface area contributed by atoms with E-state index in [0.717, 1.165) is 6.92 Å². The SMILES string of the molecule is CC(O)C(N)C(=O)NC(CCCN=C(N)N)C(=O)NC(CO)C(=O)NC(C(=O)O)C(C)O. The van der Waals surface area contributed by atoms with Crippen LogP contribution in [0.4, 0.5) is 0 Å². The number of hydrogen-bond donors (Lipinski definition) is 10. The third-order valence-electron chi connectivity index (χ3n) is 4.26. The molecule has 15 heteroatoms. The number of aliphatic hydroxyl groups is 3. The van der Waals surface area contributed by atoms with Crippen molar-refractivity contribution in [1.82, 2.24) is 16.0 Å². The smallest absolute Gasteiger partial charge is 0.328 e. The highest BCUT2D eigenvalue weighted by atomic mass is 16.4. The third kappa shape index (κ3) is 10.3. The molecular formula is C17H33N7O8. The summed E-state index contributed by atoms with van der Waals surface area (Å²) in [5.74, 6) is -4.49. The number of carbonyl (C=O) groups is 4. The van der Waals surface area contributed by atoms with Crippen molar-refractivity contribution in [1.29, 1.82) is 0 Å². The van der Waals surface area contributed by atoms with Crippen molar-refractivity contribution < 1.29 is 39.6 Å². The number of nitrogens with one attached hydrogen (secondary N) is 3. The number of aliphatic hydroxyl groups excluding tert-OH is 3. The number of aliphatic imine (C=N–C) groups is 1. The molecule has 0 saturated heterocycles. The standard InChI is InChI=1S/C17H33N7O8/c1-7(26)11(18)15(30)22-9(4-3-5-21-17(19)20)13(28)23-10(6-25)14(29)24-12(8(2)27)16(31)32/h7-12,25-27H,3-6,18H2,1-2H3,(H,22,30)(H,23,28)(H,24,29)(H,31,32)(H4,19,20,21). The first-order chi connectivity index (χ1) is 14.8. The monoisotopic (exact) mass is 463 g/mol. The van der Waals surface area contributed by atoms with Crippen molar-refractivity contribution in [2.75, 3.05) is 13.2 Å². The van der Waals surface area contributed by atoms with E-state index in [0.29, 0.717) is 0 Å². The van der Waals surface area contributed by atoms with Crippen LogP contribution < -0.4 is 33.2 Å².